The summed E-state index contributed by atoms with van der Waals surface area (Å²) in [6, 6.07) is 43.7. The fraction of sp³-hybridized carbons (Fsp3) is 0.0303. The van der Waals surface area contributed by atoms with Crippen molar-refractivity contribution in [1.82, 2.24) is 19.1 Å². The average Bonchev–Trinajstić information content (AvgIpc) is 3.57. The predicted molar refractivity (Wildman–Crippen MR) is 154 cm³/mol. The molecule has 0 aliphatic heterocycles. The third-order valence-corrected chi connectivity index (χ3v) is 6.90. The average molecular weight is 492 g/mol. The van der Waals surface area contributed by atoms with Crippen LogP contribution in [0.25, 0.3) is 56.2 Å². The Labute approximate surface area is 220 Å². The quantitative estimate of drug-likeness (QED) is 0.278. The largest absolute Gasteiger partial charge is 0.326 e. The van der Waals surface area contributed by atoms with E-state index in [1.54, 1.807) is 0 Å². The molecule has 0 atom stereocenters. The van der Waals surface area contributed by atoms with Gasteiger partial charge in [0.15, 0.2) is 0 Å². The Morgan fingerprint density at radius 1 is 0.500 bits per heavy atom. The van der Waals surface area contributed by atoms with E-state index in [1.165, 1.54) is 0 Å². The second-order valence-electron chi connectivity index (χ2n) is 9.31. The van der Waals surface area contributed by atoms with Gasteiger partial charge in [-0.15, -0.1) is 0 Å². The summed E-state index contributed by atoms with van der Waals surface area (Å²) < 4.78 is 4.43. The van der Waals surface area contributed by atoms with Crippen LogP contribution < -0.4 is 5.73 Å². The van der Waals surface area contributed by atoms with Crippen molar-refractivity contribution in [1.29, 1.82) is 0 Å². The first kappa shape index (κ1) is 22.2. The highest BCUT2D eigenvalue weighted by atomic mass is 15.1. The molecule has 0 unspecified atom stereocenters. The lowest BCUT2D eigenvalue weighted by Gasteiger charge is -2.14. The van der Waals surface area contributed by atoms with E-state index in [1.807, 2.05) is 24.3 Å². The van der Waals surface area contributed by atoms with Crippen LogP contribution in [0.4, 0.5) is 0 Å². The number of aromatic nitrogens is 4. The summed E-state index contributed by atoms with van der Waals surface area (Å²) in [6.45, 7) is 0.415. The SMILES string of the molecule is NCc1cc(-c2nc3ccccc3n2-c2ccccc2)cc(-c2nc3ccccc3n2-c2ccccc2)c1. The van der Waals surface area contributed by atoms with Gasteiger partial charge < -0.3 is 5.73 Å². The topological polar surface area (TPSA) is 61.7 Å². The van der Waals surface area contributed by atoms with Crippen LogP contribution >= 0.6 is 0 Å². The molecule has 5 heteroatoms. The van der Waals surface area contributed by atoms with Crippen molar-refractivity contribution in [2.75, 3.05) is 0 Å². The fourth-order valence-electron chi connectivity index (χ4n) is 5.18. The Bertz CT molecular complexity index is 1760. The molecule has 182 valence electrons. The molecule has 0 spiro atoms. The summed E-state index contributed by atoms with van der Waals surface area (Å²) in [5.41, 5.74) is 15.4. The third kappa shape index (κ3) is 3.69. The molecule has 0 bridgehead atoms. The molecule has 5 aromatic carbocycles. The van der Waals surface area contributed by atoms with Crippen molar-refractivity contribution in [2.24, 2.45) is 5.73 Å². The lowest BCUT2D eigenvalue weighted by atomic mass is 10.0. The summed E-state index contributed by atoms with van der Waals surface area (Å²) >= 11 is 0. The molecule has 0 saturated carbocycles. The number of nitrogens with two attached hydrogens (primary N) is 1. The molecule has 5 nitrogen and oxygen atoms in total. The second-order valence-corrected chi connectivity index (χ2v) is 9.31. The van der Waals surface area contributed by atoms with Crippen LogP contribution in [0.1, 0.15) is 5.56 Å². The summed E-state index contributed by atoms with van der Waals surface area (Å²) in [4.78, 5) is 10.2. The zero-order valence-electron chi connectivity index (χ0n) is 20.7. The maximum atomic E-state index is 6.24. The molecular weight excluding hydrogens is 466 g/mol. The maximum Gasteiger partial charge on any atom is 0.145 e. The van der Waals surface area contributed by atoms with Gasteiger partial charge in [-0.1, -0.05) is 60.7 Å². The molecule has 2 heterocycles. The number of fused-ring (bicyclic) bond motifs is 2. The summed E-state index contributed by atoms with van der Waals surface area (Å²) in [5, 5.41) is 0. The summed E-state index contributed by atoms with van der Waals surface area (Å²) in [7, 11) is 0. The van der Waals surface area contributed by atoms with Gasteiger partial charge >= 0.3 is 0 Å². The highest BCUT2D eigenvalue weighted by Gasteiger charge is 2.19. The molecule has 2 N–H and O–H groups in total. The van der Waals surface area contributed by atoms with Crippen LogP contribution in [0.3, 0.4) is 0 Å². The normalized spacial score (nSPS) is 11.4. The van der Waals surface area contributed by atoms with E-state index < -0.39 is 0 Å². The maximum absolute atomic E-state index is 6.24. The number of nitrogens with zero attached hydrogens (tertiary/aromatic N) is 4. The van der Waals surface area contributed by atoms with Crippen molar-refractivity contribution in [3.8, 4) is 34.2 Å². The lowest BCUT2D eigenvalue weighted by Crippen LogP contribution is -2.02. The number of para-hydroxylation sites is 6. The Kier molecular flexibility index (Phi) is 5.34. The van der Waals surface area contributed by atoms with Gasteiger partial charge in [0.2, 0.25) is 0 Å². The molecule has 7 rings (SSSR count). The standard InChI is InChI=1S/C33H25N5/c34-22-23-19-24(32-35-28-15-7-9-17-30(28)37(32)26-11-3-1-4-12-26)21-25(20-23)33-36-29-16-8-10-18-31(29)38(33)27-13-5-2-6-14-27/h1-21H,22,34H2. The van der Waals surface area contributed by atoms with Gasteiger partial charge in [-0.25, -0.2) is 9.97 Å². The predicted octanol–water partition coefficient (Wildman–Crippen LogP) is 7.16. The first-order valence-electron chi connectivity index (χ1n) is 12.7. The van der Waals surface area contributed by atoms with E-state index in [4.69, 9.17) is 15.7 Å². The summed E-state index contributed by atoms with van der Waals surface area (Å²) in [6.07, 6.45) is 0. The summed E-state index contributed by atoms with van der Waals surface area (Å²) in [5.74, 6) is 1.74. The monoisotopic (exact) mass is 491 g/mol. The lowest BCUT2D eigenvalue weighted by molar-refractivity contribution is 1.05. The number of imidazole rings is 2. The minimum absolute atomic E-state index is 0.415. The Balaban J connectivity index is 1.50. The van der Waals surface area contributed by atoms with Crippen LogP contribution in [0.15, 0.2) is 127 Å². The van der Waals surface area contributed by atoms with E-state index in [0.717, 1.165) is 61.8 Å². The van der Waals surface area contributed by atoms with Crippen molar-refractivity contribution in [3.05, 3.63) is 133 Å². The molecule has 0 aliphatic carbocycles. The van der Waals surface area contributed by atoms with Crippen LogP contribution in [0, 0.1) is 0 Å². The van der Waals surface area contributed by atoms with Crippen LogP contribution in [0.2, 0.25) is 0 Å². The minimum Gasteiger partial charge on any atom is -0.326 e. The van der Waals surface area contributed by atoms with Gasteiger partial charge in [0.1, 0.15) is 11.6 Å². The Morgan fingerprint density at radius 2 is 0.921 bits per heavy atom. The van der Waals surface area contributed by atoms with Crippen LogP contribution in [-0.2, 0) is 6.54 Å². The van der Waals surface area contributed by atoms with Crippen LogP contribution in [-0.4, -0.2) is 19.1 Å². The Hall–Kier alpha value is -5.00. The fourth-order valence-corrected chi connectivity index (χ4v) is 5.18. The molecule has 0 aliphatic rings. The highest BCUT2D eigenvalue weighted by Crippen LogP contribution is 2.34. The molecule has 0 saturated heterocycles. The number of hydrogen-bond acceptors (Lipinski definition) is 3. The second kappa shape index (κ2) is 9.14. The van der Waals surface area contributed by atoms with Crippen molar-refractivity contribution >= 4 is 22.1 Å². The number of rotatable bonds is 5. The van der Waals surface area contributed by atoms with E-state index >= 15 is 0 Å². The van der Waals surface area contributed by atoms with Crippen LogP contribution in [0.5, 0.6) is 0 Å². The van der Waals surface area contributed by atoms with E-state index in [0.29, 0.717) is 6.54 Å². The van der Waals surface area contributed by atoms with Gasteiger partial charge in [-0.3, -0.25) is 9.13 Å². The van der Waals surface area contributed by atoms with E-state index in [-0.39, 0.29) is 0 Å². The molecule has 2 aromatic heterocycles. The number of hydrogen-bond donors (Lipinski definition) is 1. The molecule has 38 heavy (non-hydrogen) atoms. The zero-order chi connectivity index (χ0) is 25.5. The smallest absolute Gasteiger partial charge is 0.145 e. The van der Waals surface area contributed by atoms with E-state index in [2.05, 4.69) is 112 Å². The van der Waals surface area contributed by atoms with Gasteiger partial charge in [-0.2, -0.15) is 0 Å². The minimum atomic E-state index is 0.415. The number of benzene rings is 5. The van der Waals surface area contributed by atoms with Crippen molar-refractivity contribution in [2.45, 2.75) is 6.54 Å². The zero-order valence-corrected chi connectivity index (χ0v) is 20.7. The van der Waals surface area contributed by atoms with Gasteiger partial charge in [0.05, 0.1) is 22.1 Å². The van der Waals surface area contributed by atoms with Crippen molar-refractivity contribution in [3.63, 3.8) is 0 Å². The highest BCUT2D eigenvalue weighted by molar-refractivity contribution is 5.86. The first-order chi connectivity index (χ1) is 18.8. The molecule has 0 fully saturated rings. The molecule has 0 radical (unpaired) electrons. The molecule has 7 aromatic rings. The van der Waals surface area contributed by atoms with E-state index in [9.17, 15) is 0 Å². The van der Waals surface area contributed by atoms with Gasteiger partial charge in [-0.05, 0) is 72.3 Å². The Morgan fingerprint density at radius 3 is 1.37 bits per heavy atom. The van der Waals surface area contributed by atoms with Gasteiger partial charge in [0, 0.05) is 29.0 Å². The molecule has 0 amide bonds. The van der Waals surface area contributed by atoms with Gasteiger partial charge in [0.25, 0.3) is 0 Å². The first-order valence-corrected chi connectivity index (χ1v) is 12.7. The molecular formula is C33H25N5. The third-order valence-electron chi connectivity index (χ3n) is 6.90. The van der Waals surface area contributed by atoms with Crippen molar-refractivity contribution < 1.29 is 0 Å².